The van der Waals surface area contributed by atoms with Gasteiger partial charge in [0.05, 0.1) is 5.56 Å². The zero-order valence-electron chi connectivity index (χ0n) is 14.9. The number of nitrogens with zero attached hydrogens (tertiary/aromatic N) is 4. The maximum Gasteiger partial charge on any atom is 0.282 e. The minimum atomic E-state index is -3.45. The Labute approximate surface area is 161 Å². The van der Waals surface area contributed by atoms with Gasteiger partial charge in [-0.1, -0.05) is 12.1 Å². The lowest BCUT2D eigenvalue weighted by atomic mass is 10.1. The minimum absolute atomic E-state index is 0. The van der Waals surface area contributed by atoms with E-state index >= 15 is 0 Å². The fraction of sp³-hybridized carbons (Fsp3) is 0.562. The van der Waals surface area contributed by atoms with Gasteiger partial charge in [-0.2, -0.15) is 17.0 Å². The molecule has 8 nitrogen and oxygen atoms in total. The van der Waals surface area contributed by atoms with Crippen LogP contribution < -0.4 is 5.73 Å². The van der Waals surface area contributed by atoms with Crippen LogP contribution in [-0.4, -0.2) is 92.1 Å². The molecule has 146 valence electrons. The predicted octanol–water partition coefficient (Wildman–Crippen LogP) is -0.0594. The molecule has 2 aliphatic rings. The number of benzene rings is 1. The van der Waals surface area contributed by atoms with E-state index in [0.29, 0.717) is 50.5 Å². The van der Waals surface area contributed by atoms with E-state index in [2.05, 4.69) is 4.90 Å². The first kappa shape index (κ1) is 20.9. The van der Waals surface area contributed by atoms with E-state index in [-0.39, 0.29) is 18.3 Å². The molecule has 0 unspecified atom stereocenters. The molecular formula is C16H26ClN5O3S. The summed E-state index contributed by atoms with van der Waals surface area (Å²) in [5, 5.41) is 0. The van der Waals surface area contributed by atoms with Crippen LogP contribution in [-0.2, 0) is 10.2 Å². The maximum absolute atomic E-state index is 12.8. The van der Waals surface area contributed by atoms with Crippen molar-refractivity contribution >= 4 is 34.2 Å². The van der Waals surface area contributed by atoms with Crippen LogP contribution in [0.15, 0.2) is 24.3 Å². The number of carbonyl (C=O) groups is 1. The lowest BCUT2D eigenvalue weighted by Crippen LogP contribution is -2.57. The van der Waals surface area contributed by atoms with Gasteiger partial charge < -0.3 is 15.5 Å². The van der Waals surface area contributed by atoms with Crippen LogP contribution in [0, 0.1) is 0 Å². The first-order valence-corrected chi connectivity index (χ1v) is 9.87. The highest BCUT2D eigenvalue weighted by Gasteiger charge is 2.34. The van der Waals surface area contributed by atoms with Crippen LogP contribution in [0.5, 0.6) is 0 Å². The maximum atomic E-state index is 12.8. The number of carbonyl (C=O) groups excluding carboxylic acids is 1. The van der Waals surface area contributed by atoms with Gasteiger partial charge in [0, 0.05) is 58.0 Å². The molecule has 2 N–H and O–H groups in total. The van der Waals surface area contributed by atoms with Crippen molar-refractivity contribution in [3.05, 3.63) is 29.8 Å². The van der Waals surface area contributed by atoms with Crippen molar-refractivity contribution in [2.75, 3.05) is 65.1 Å². The van der Waals surface area contributed by atoms with E-state index < -0.39 is 10.2 Å². The van der Waals surface area contributed by atoms with E-state index in [9.17, 15) is 13.2 Å². The summed E-state index contributed by atoms with van der Waals surface area (Å²) in [7, 11) is -1.46. The molecule has 1 aromatic carbocycles. The summed E-state index contributed by atoms with van der Waals surface area (Å²) in [6, 6.07) is 6.96. The molecule has 0 spiro atoms. The van der Waals surface area contributed by atoms with Gasteiger partial charge in [-0.15, -0.1) is 12.4 Å². The molecule has 10 heteroatoms. The summed E-state index contributed by atoms with van der Waals surface area (Å²) in [5.41, 5.74) is 6.78. The van der Waals surface area contributed by atoms with Crippen molar-refractivity contribution in [3.8, 4) is 0 Å². The summed E-state index contributed by atoms with van der Waals surface area (Å²) in [6.07, 6.45) is 0. The first-order chi connectivity index (χ1) is 11.9. The summed E-state index contributed by atoms with van der Waals surface area (Å²) in [4.78, 5) is 16.4. The lowest BCUT2D eigenvalue weighted by Gasteiger charge is -2.39. The fourth-order valence-corrected chi connectivity index (χ4v) is 4.74. The predicted molar refractivity (Wildman–Crippen MR) is 104 cm³/mol. The Morgan fingerprint density at radius 1 is 0.923 bits per heavy atom. The zero-order valence-corrected chi connectivity index (χ0v) is 16.5. The highest BCUT2D eigenvalue weighted by molar-refractivity contribution is 7.86. The number of nitrogen functional groups attached to an aromatic ring is 1. The zero-order chi connectivity index (χ0) is 18.0. The minimum Gasteiger partial charge on any atom is -0.398 e. The van der Waals surface area contributed by atoms with Crippen molar-refractivity contribution in [3.63, 3.8) is 0 Å². The summed E-state index contributed by atoms with van der Waals surface area (Å²) >= 11 is 0. The van der Waals surface area contributed by atoms with Crippen molar-refractivity contribution in [2.24, 2.45) is 0 Å². The molecule has 0 saturated carbocycles. The van der Waals surface area contributed by atoms with Crippen molar-refractivity contribution in [2.45, 2.75) is 0 Å². The quantitative estimate of drug-likeness (QED) is 0.714. The number of amides is 1. The second kappa shape index (κ2) is 8.53. The lowest BCUT2D eigenvalue weighted by molar-refractivity contribution is 0.0693. The Bertz CT molecular complexity index is 729. The molecule has 0 atom stereocenters. The van der Waals surface area contributed by atoms with Gasteiger partial charge in [0.1, 0.15) is 0 Å². The van der Waals surface area contributed by atoms with Gasteiger partial charge in [-0.25, -0.2) is 0 Å². The molecule has 1 aromatic rings. The third-order valence-electron chi connectivity index (χ3n) is 4.83. The average Bonchev–Trinajstić information content (AvgIpc) is 2.62. The van der Waals surface area contributed by atoms with E-state index in [4.69, 9.17) is 5.73 Å². The molecule has 2 fully saturated rings. The summed E-state index contributed by atoms with van der Waals surface area (Å²) in [6.45, 7) is 3.88. The van der Waals surface area contributed by atoms with Crippen LogP contribution in [0.2, 0.25) is 0 Å². The van der Waals surface area contributed by atoms with Crippen LogP contribution in [0.25, 0.3) is 0 Å². The number of piperazine rings is 2. The van der Waals surface area contributed by atoms with Crippen LogP contribution in [0.3, 0.4) is 0 Å². The highest BCUT2D eigenvalue weighted by atomic mass is 35.5. The smallest absolute Gasteiger partial charge is 0.282 e. The highest BCUT2D eigenvalue weighted by Crippen LogP contribution is 2.18. The van der Waals surface area contributed by atoms with E-state index in [1.165, 1.54) is 4.31 Å². The SMILES string of the molecule is CN1CCN(S(=O)(=O)N2CCN(C(=O)c3ccccc3N)CC2)CC1.Cl. The molecule has 2 saturated heterocycles. The number of likely N-dealkylation sites (N-methyl/N-ethyl adjacent to an activating group) is 1. The second-order valence-corrected chi connectivity index (χ2v) is 8.42. The molecule has 2 heterocycles. The number of rotatable bonds is 3. The number of hydrogen-bond donors (Lipinski definition) is 1. The van der Waals surface area contributed by atoms with Crippen molar-refractivity contribution in [1.29, 1.82) is 0 Å². The molecule has 3 rings (SSSR count). The number of anilines is 1. The first-order valence-electron chi connectivity index (χ1n) is 8.47. The molecule has 0 aliphatic carbocycles. The van der Waals surface area contributed by atoms with Crippen molar-refractivity contribution in [1.82, 2.24) is 18.4 Å². The Hall–Kier alpha value is -1.39. The number of hydrogen-bond acceptors (Lipinski definition) is 5. The van der Waals surface area contributed by atoms with E-state index in [0.717, 1.165) is 13.1 Å². The molecule has 2 aliphatic heterocycles. The molecule has 0 radical (unpaired) electrons. The van der Waals surface area contributed by atoms with E-state index in [1.54, 1.807) is 33.5 Å². The molecule has 0 bridgehead atoms. The Kier molecular flexibility index (Phi) is 6.86. The molecular weight excluding hydrogens is 378 g/mol. The Morgan fingerprint density at radius 2 is 1.42 bits per heavy atom. The standard InChI is InChI=1S/C16H25N5O3S.ClH/c1-18-6-10-20(11-7-18)25(23,24)21-12-8-19(9-13-21)16(22)14-4-2-3-5-15(14)17;/h2-5H,6-13,17H2,1H3;1H. The normalized spacial score (nSPS) is 20.6. The summed E-state index contributed by atoms with van der Waals surface area (Å²) in [5.74, 6) is -0.144. The number of para-hydroxylation sites is 1. The third-order valence-corrected chi connectivity index (χ3v) is 6.87. The van der Waals surface area contributed by atoms with Crippen molar-refractivity contribution < 1.29 is 13.2 Å². The fourth-order valence-electron chi connectivity index (χ4n) is 3.17. The number of halogens is 1. The van der Waals surface area contributed by atoms with Crippen LogP contribution in [0.4, 0.5) is 5.69 Å². The number of nitrogens with two attached hydrogens (primary N) is 1. The topological polar surface area (TPSA) is 90.2 Å². The van der Waals surface area contributed by atoms with Gasteiger partial charge >= 0.3 is 0 Å². The van der Waals surface area contributed by atoms with Crippen LogP contribution in [0.1, 0.15) is 10.4 Å². The van der Waals surface area contributed by atoms with Gasteiger partial charge in [0.25, 0.3) is 16.1 Å². The summed E-state index contributed by atoms with van der Waals surface area (Å²) < 4.78 is 28.5. The second-order valence-electron chi connectivity index (χ2n) is 6.49. The monoisotopic (exact) mass is 403 g/mol. The average molecular weight is 404 g/mol. The Morgan fingerprint density at radius 3 is 1.96 bits per heavy atom. The van der Waals surface area contributed by atoms with Gasteiger partial charge in [0.2, 0.25) is 0 Å². The largest absolute Gasteiger partial charge is 0.398 e. The van der Waals surface area contributed by atoms with Crippen LogP contribution >= 0.6 is 12.4 Å². The van der Waals surface area contributed by atoms with Gasteiger partial charge in [-0.3, -0.25) is 4.79 Å². The Balaban J connectivity index is 0.00000243. The third kappa shape index (κ3) is 4.29. The van der Waals surface area contributed by atoms with E-state index in [1.807, 2.05) is 7.05 Å². The molecule has 26 heavy (non-hydrogen) atoms. The van der Waals surface area contributed by atoms with Gasteiger partial charge in [0.15, 0.2) is 0 Å². The van der Waals surface area contributed by atoms with Gasteiger partial charge in [-0.05, 0) is 19.2 Å². The molecule has 1 amide bonds. The molecule has 0 aromatic heterocycles.